The molecule has 1 heterocycles. The minimum atomic E-state index is -0.210. The van der Waals surface area contributed by atoms with Crippen LogP contribution in [0.4, 0.5) is 4.39 Å². The van der Waals surface area contributed by atoms with Crippen molar-refractivity contribution in [3.63, 3.8) is 0 Å². The van der Waals surface area contributed by atoms with Gasteiger partial charge in [-0.2, -0.15) is 5.10 Å². The average Bonchev–Trinajstić information content (AvgIpc) is 2.72. The van der Waals surface area contributed by atoms with Crippen molar-refractivity contribution in [2.75, 3.05) is 7.05 Å². The van der Waals surface area contributed by atoms with Gasteiger partial charge in [0.15, 0.2) is 0 Å². The highest BCUT2D eigenvalue weighted by atomic mass is 79.9. The molecule has 0 fully saturated rings. The average molecular weight is 340 g/mol. The predicted molar refractivity (Wildman–Crippen MR) is 82.3 cm³/mol. The van der Waals surface area contributed by atoms with Crippen molar-refractivity contribution in [2.45, 2.75) is 32.9 Å². The Balaban J connectivity index is 2.49. The molecular weight excluding hydrogens is 321 g/mol. The lowest BCUT2D eigenvalue weighted by molar-refractivity contribution is 0.531. The van der Waals surface area contributed by atoms with Crippen LogP contribution in [0.2, 0.25) is 0 Å². The molecule has 0 radical (unpaired) electrons. The van der Waals surface area contributed by atoms with Crippen LogP contribution in [0.5, 0.6) is 0 Å². The summed E-state index contributed by atoms with van der Waals surface area (Å²) < 4.78 is 16.6. The number of hydrogen-bond acceptors (Lipinski definition) is 2. The molecule has 0 saturated heterocycles. The zero-order valence-corrected chi connectivity index (χ0v) is 13.5. The van der Waals surface area contributed by atoms with E-state index < -0.39 is 0 Å². The van der Waals surface area contributed by atoms with E-state index in [0.717, 1.165) is 34.3 Å². The summed E-state index contributed by atoms with van der Waals surface area (Å²) in [6.45, 7) is 4.85. The largest absolute Gasteiger partial charge is 0.308 e. The summed E-state index contributed by atoms with van der Waals surface area (Å²) in [7, 11) is 1.88. The summed E-state index contributed by atoms with van der Waals surface area (Å²) in [4.78, 5) is 0. The summed E-state index contributed by atoms with van der Waals surface area (Å²) in [6.07, 6.45) is 2.79. The Kier molecular flexibility index (Phi) is 4.94. The molecule has 0 saturated carbocycles. The first-order valence-electron chi connectivity index (χ1n) is 6.72. The van der Waals surface area contributed by atoms with Crippen molar-refractivity contribution in [1.29, 1.82) is 0 Å². The lowest BCUT2D eigenvalue weighted by Gasteiger charge is -2.20. The molecule has 0 aliphatic heterocycles. The standard InChI is InChI=1S/C15H19BrFN3/c1-4-5-20-15(13(16)9-19-20)14(18-3)11-6-10(2)7-12(17)8-11/h6-9,14,18H,4-5H2,1-3H3. The molecule has 108 valence electrons. The first-order valence-corrected chi connectivity index (χ1v) is 7.51. The molecule has 0 bridgehead atoms. The van der Waals surface area contributed by atoms with E-state index in [1.807, 2.05) is 24.7 Å². The third-order valence-corrected chi connectivity index (χ3v) is 3.84. The molecule has 3 nitrogen and oxygen atoms in total. The molecule has 2 rings (SSSR count). The molecule has 0 aliphatic rings. The number of halogens is 2. The maximum absolute atomic E-state index is 13.7. The summed E-state index contributed by atoms with van der Waals surface area (Å²) in [5.41, 5.74) is 2.85. The molecule has 1 N–H and O–H groups in total. The summed E-state index contributed by atoms with van der Waals surface area (Å²) >= 11 is 3.55. The molecule has 0 aliphatic carbocycles. The molecule has 0 spiro atoms. The van der Waals surface area contributed by atoms with Gasteiger partial charge in [-0.05, 0) is 59.6 Å². The van der Waals surface area contributed by atoms with E-state index in [1.54, 1.807) is 12.3 Å². The van der Waals surface area contributed by atoms with E-state index in [2.05, 4.69) is 33.3 Å². The second kappa shape index (κ2) is 6.50. The molecule has 1 aromatic heterocycles. The number of aromatic nitrogens is 2. The topological polar surface area (TPSA) is 29.9 Å². The van der Waals surface area contributed by atoms with E-state index in [-0.39, 0.29) is 11.9 Å². The Labute approximate surface area is 127 Å². The first kappa shape index (κ1) is 15.2. The second-order valence-corrected chi connectivity index (χ2v) is 5.74. The molecule has 0 amide bonds. The predicted octanol–water partition coefficient (Wildman–Crippen LogP) is 3.81. The van der Waals surface area contributed by atoms with Gasteiger partial charge in [-0.25, -0.2) is 4.39 Å². The van der Waals surface area contributed by atoms with Crippen LogP contribution < -0.4 is 5.32 Å². The molecule has 1 atom stereocenters. The van der Waals surface area contributed by atoms with Gasteiger partial charge < -0.3 is 5.32 Å². The number of benzene rings is 1. The van der Waals surface area contributed by atoms with Crippen LogP contribution in [0.3, 0.4) is 0 Å². The minimum Gasteiger partial charge on any atom is -0.308 e. The smallest absolute Gasteiger partial charge is 0.123 e. The zero-order valence-electron chi connectivity index (χ0n) is 12.0. The second-order valence-electron chi connectivity index (χ2n) is 4.88. The van der Waals surface area contributed by atoms with Crippen LogP contribution in [0.15, 0.2) is 28.9 Å². The van der Waals surface area contributed by atoms with E-state index >= 15 is 0 Å². The Morgan fingerprint density at radius 1 is 1.40 bits per heavy atom. The molecule has 5 heteroatoms. The van der Waals surface area contributed by atoms with Crippen LogP contribution >= 0.6 is 15.9 Å². The lowest BCUT2D eigenvalue weighted by atomic mass is 10.0. The van der Waals surface area contributed by atoms with E-state index in [4.69, 9.17) is 0 Å². The van der Waals surface area contributed by atoms with Gasteiger partial charge in [0.05, 0.1) is 22.4 Å². The highest BCUT2D eigenvalue weighted by molar-refractivity contribution is 9.10. The molecular formula is C15H19BrFN3. The summed E-state index contributed by atoms with van der Waals surface area (Å²) in [5, 5.41) is 7.64. The van der Waals surface area contributed by atoms with Gasteiger partial charge in [0.2, 0.25) is 0 Å². The number of aryl methyl sites for hydroxylation is 2. The summed E-state index contributed by atoms with van der Waals surface area (Å²) in [5.74, 6) is -0.210. The Morgan fingerprint density at radius 3 is 2.75 bits per heavy atom. The SMILES string of the molecule is CCCn1ncc(Br)c1C(NC)c1cc(C)cc(F)c1. The zero-order chi connectivity index (χ0) is 14.7. The van der Waals surface area contributed by atoms with Crippen LogP contribution in [-0.4, -0.2) is 16.8 Å². The van der Waals surface area contributed by atoms with Gasteiger partial charge >= 0.3 is 0 Å². The first-order chi connectivity index (χ1) is 9.56. The Hall–Kier alpha value is -1.20. The van der Waals surface area contributed by atoms with Crippen LogP contribution in [0.25, 0.3) is 0 Å². The minimum absolute atomic E-state index is 0.0900. The highest BCUT2D eigenvalue weighted by Crippen LogP contribution is 2.29. The van der Waals surface area contributed by atoms with Gasteiger partial charge in [-0.1, -0.05) is 13.0 Å². The Morgan fingerprint density at radius 2 is 2.15 bits per heavy atom. The third kappa shape index (κ3) is 3.10. The lowest BCUT2D eigenvalue weighted by Crippen LogP contribution is -2.22. The fraction of sp³-hybridized carbons (Fsp3) is 0.400. The number of rotatable bonds is 5. The van der Waals surface area contributed by atoms with E-state index in [9.17, 15) is 4.39 Å². The van der Waals surface area contributed by atoms with Crippen molar-refractivity contribution < 1.29 is 4.39 Å². The Bertz CT molecular complexity index is 575. The monoisotopic (exact) mass is 339 g/mol. The molecule has 2 aromatic rings. The van der Waals surface area contributed by atoms with Gasteiger partial charge in [-0.15, -0.1) is 0 Å². The number of nitrogens with one attached hydrogen (secondary N) is 1. The summed E-state index contributed by atoms with van der Waals surface area (Å²) in [6, 6.07) is 5.02. The quantitative estimate of drug-likeness (QED) is 0.897. The third-order valence-electron chi connectivity index (χ3n) is 3.23. The van der Waals surface area contributed by atoms with Gasteiger partial charge in [0.25, 0.3) is 0 Å². The molecule has 1 unspecified atom stereocenters. The van der Waals surface area contributed by atoms with Crippen molar-refractivity contribution in [2.24, 2.45) is 0 Å². The highest BCUT2D eigenvalue weighted by Gasteiger charge is 2.21. The van der Waals surface area contributed by atoms with Crippen molar-refractivity contribution in [1.82, 2.24) is 15.1 Å². The van der Waals surface area contributed by atoms with E-state index in [1.165, 1.54) is 6.07 Å². The maximum Gasteiger partial charge on any atom is 0.123 e. The van der Waals surface area contributed by atoms with Gasteiger partial charge in [0, 0.05) is 6.54 Å². The normalized spacial score (nSPS) is 12.7. The molecule has 1 aromatic carbocycles. The van der Waals surface area contributed by atoms with Crippen LogP contribution in [0.1, 0.15) is 36.2 Å². The van der Waals surface area contributed by atoms with Gasteiger partial charge in [0.1, 0.15) is 5.82 Å². The van der Waals surface area contributed by atoms with Gasteiger partial charge in [-0.3, -0.25) is 4.68 Å². The van der Waals surface area contributed by atoms with Crippen LogP contribution in [-0.2, 0) is 6.54 Å². The van der Waals surface area contributed by atoms with Crippen molar-refractivity contribution >= 4 is 15.9 Å². The maximum atomic E-state index is 13.7. The van der Waals surface area contributed by atoms with Crippen LogP contribution in [0, 0.1) is 12.7 Å². The van der Waals surface area contributed by atoms with Crippen molar-refractivity contribution in [3.05, 3.63) is 51.5 Å². The molecule has 20 heavy (non-hydrogen) atoms. The number of hydrogen-bond donors (Lipinski definition) is 1. The fourth-order valence-corrected chi connectivity index (χ4v) is 2.97. The fourth-order valence-electron chi connectivity index (χ4n) is 2.44. The van der Waals surface area contributed by atoms with Crippen molar-refractivity contribution in [3.8, 4) is 0 Å². The number of nitrogens with zero attached hydrogens (tertiary/aromatic N) is 2. The van der Waals surface area contributed by atoms with E-state index in [0.29, 0.717) is 0 Å².